The Labute approximate surface area is 128 Å². The zero-order valence-electron chi connectivity index (χ0n) is 14.0. The predicted molar refractivity (Wildman–Crippen MR) is 88.9 cm³/mol. The molecular weight excluding hydrogens is 260 g/mol. The van der Waals surface area contributed by atoms with E-state index in [1.807, 2.05) is 17.0 Å². The molecule has 1 saturated heterocycles. The van der Waals surface area contributed by atoms with Crippen molar-refractivity contribution >= 4 is 11.6 Å². The molecule has 1 aromatic carbocycles. The Kier molecular flexibility index (Phi) is 4.60. The number of anilines is 1. The molecule has 1 aliphatic rings. The van der Waals surface area contributed by atoms with Gasteiger partial charge in [0.2, 0.25) is 0 Å². The Morgan fingerprint density at radius 2 is 1.90 bits per heavy atom. The molecule has 1 aliphatic heterocycles. The number of carbonyl (C=O) groups excluding carboxylic acids is 1. The molecule has 0 bridgehead atoms. The Bertz CT molecular complexity index is 490. The van der Waals surface area contributed by atoms with E-state index in [4.69, 9.17) is 0 Å². The number of benzene rings is 1. The summed E-state index contributed by atoms with van der Waals surface area (Å²) in [5.74, 6) is 0.164. The second kappa shape index (κ2) is 6.08. The van der Waals surface area contributed by atoms with Crippen molar-refractivity contribution in [3.8, 4) is 0 Å². The number of likely N-dealkylation sites (tertiary alicyclic amines) is 1. The molecule has 0 spiro atoms. The molecule has 1 aromatic rings. The second-order valence-electron chi connectivity index (χ2n) is 6.80. The second-order valence-corrected chi connectivity index (χ2v) is 6.80. The van der Waals surface area contributed by atoms with Gasteiger partial charge in [-0.3, -0.25) is 4.79 Å². The van der Waals surface area contributed by atoms with E-state index in [1.54, 1.807) is 0 Å². The lowest BCUT2D eigenvalue weighted by Gasteiger charge is -2.32. The van der Waals surface area contributed by atoms with E-state index >= 15 is 0 Å². The molecule has 0 unspecified atom stereocenters. The van der Waals surface area contributed by atoms with E-state index in [1.165, 1.54) is 5.69 Å². The first-order valence-electron chi connectivity index (χ1n) is 8.05. The van der Waals surface area contributed by atoms with Crippen LogP contribution in [-0.2, 0) is 0 Å². The largest absolute Gasteiger partial charge is 0.369 e. The fourth-order valence-electron chi connectivity index (χ4n) is 3.28. The van der Waals surface area contributed by atoms with Crippen molar-refractivity contribution in [2.45, 2.75) is 59.0 Å². The molecule has 1 amide bonds. The van der Waals surface area contributed by atoms with Crippen molar-refractivity contribution < 1.29 is 4.79 Å². The third-order valence-corrected chi connectivity index (χ3v) is 4.56. The maximum atomic E-state index is 12.7. The molecule has 0 N–H and O–H groups in total. The van der Waals surface area contributed by atoms with E-state index in [-0.39, 0.29) is 11.4 Å². The van der Waals surface area contributed by atoms with Crippen LogP contribution < -0.4 is 4.90 Å². The lowest BCUT2D eigenvalue weighted by Crippen LogP contribution is -2.42. The monoisotopic (exact) mass is 288 g/mol. The summed E-state index contributed by atoms with van der Waals surface area (Å²) in [4.78, 5) is 17.0. The standard InChI is InChI=1S/C18H28N2O/c1-6-19(14(2)3)16-10-8-15(9-11-16)17(21)20-13-7-12-18(20,4)5/h8-11,14H,6-7,12-13H2,1-5H3. The molecule has 21 heavy (non-hydrogen) atoms. The van der Waals surface area contributed by atoms with Crippen LogP contribution in [0.3, 0.4) is 0 Å². The smallest absolute Gasteiger partial charge is 0.254 e. The van der Waals surface area contributed by atoms with E-state index in [2.05, 4.69) is 51.7 Å². The number of amides is 1. The van der Waals surface area contributed by atoms with Crippen LogP contribution in [0.4, 0.5) is 5.69 Å². The molecule has 0 saturated carbocycles. The molecule has 0 aliphatic carbocycles. The van der Waals surface area contributed by atoms with Gasteiger partial charge in [0, 0.05) is 35.9 Å². The van der Waals surface area contributed by atoms with Gasteiger partial charge in [-0.25, -0.2) is 0 Å². The zero-order valence-corrected chi connectivity index (χ0v) is 14.0. The summed E-state index contributed by atoms with van der Waals surface area (Å²) < 4.78 is 0. The first-order valence-corrected chi connectivity index (χ1v) is 8.05. The minimum atomic E-state index is -0.0108. The van der Waals surface area contributed by atoms with Crippen LogP contribution in [-0.4, -0.2) is 35.5 Å². The molecule has 116 valence electrons. The van der Waals surface area contributed by atoms with Gasteiger partial charge in [-0.15, -0.1) is 0 Å². The van der Waals surface area contributed by atoms with Crippen molar-refractivity contribution in [3.63, 3.8) is 0 Å². The van der Waals surface area contributed by atoms with Gasteiger partial charge in [0.15, 0.2) is 0 Å². The summed E-state index contributed by atoms with van der Waals surface area (Å²) in [6.07, 6.45) is 2.20. The molecule has 0 atom stereocenters. The van der Waals surface area contributed by atoms with Gasteiger partial charge in [-0.2, -0.15) is 0 Å². The minimum absolute atomic E-state index is 0.0108. The van der Waals surface area contributed by atoms with Crippen LogP contribution in [0, 0.1) is 0 Å². The number of rotatable bonds is 4. The first kappa shape index (κ1) is 15.9. The lowest BCUT2D eigenvalue weighted by atomic mass is 10.0. The number of hydrogen-bond acceptors (Lipinski definition) is 2. The Morgan fingerprint density at radius 1 is 1.29 bits per heavy atom. The summed E-state index contributed by atoms with van der Waals surface area (Å²) in [5.41, 5.74) is 1.97. The predicted octanol–water partition coefficient (Wildman–Crippen LogP) is 3.94. The van der Waals surface area contributed by atoms with E-state index < -0.39 is 0 Å². The third-order valence-electron chi connectivity index (χ3n) is 4.56. The molecule has 3 heteroatoms. The average Bonchev–Trinajstić information content (AvgIpc) is 2.79. The van der Waals surface area contributed by atoms with Crippen LogP contribution in [0.25, 0.3) is 0 Å². The number of hydrogen-bond donors (Lipinski definition) is 0. The van der Waals surface area contributed by atoms with E-state index in [9.17, 15) is 4.79 Å². The van der Waals surface area contributed by atoms with E-state index in [0.29, 0.717) is 6.04 Å². The normalized spacial score (nSPS) is 17.3. The third kappa shape index (κ3) is 3.22. The maximum absolute atomic E-state index is 12.7. The maximum Gasteiger partial charge on any atom is 0.254 e. The molecule has 2 rings (SSSR count). The number of carbonyl (C=O) groups is 1. The van der Waals surface area contributed by atoms with Crippen molar-refractivity contribution in [1.29, 1.82) is 0 Å². The quantitative estimate of drug-likeness (QED) is 0.838. The molecule has 3 nitrogen and oxygen atoms in total. The van der Waals surface area contributed by atoms with Gasteiger partial charge >= 0.3 is 0 Å². The van der Waals surface area contributed by atoms with Crippen LogP contribution in [0.2, 0.25) is 0 Å². The zero-order chi connectivity index (χ0) is 15.6. The Balaban J connectivity index is 2.17. The fraction of sp³-hybridized carbons (Fsp3) is 0.611. The number of nitrogens with zero attached hydrogens (tertiary/aromatic N) is 2. The van der Waals surface area contributed by atoms with Gasteiger partial charge in [0.05, 0.1) is 0 Å². The van der Waals surface area contributed by atoms with Gasteiger partial charge < -0.3 is 9.80 Å². The van der Waals surface area contributed by atoms with Gasteiger partial charge in [-0.05, 0) is 71.7 Å². The van der Waals surface area contributed by atoms with Crippen molar-refractivity contribution in [2.75, 3.05) is 18.0 Å². The van der Waals surface area contributed by atoms with Crippen LogP contribution in [0.15, 0.2) is 24.3 Å². The summed E-state index contributed by atoms with van der Waals surface area (Å²) in [6.45, 7) is 12.7. The van der Waals surface area contributed by atoms with Crippen LogP contribution >= 0.6 is 0 Å². The van der Waals surface area contributed by atoms with Gasteiger partial charge in [0.25, 0.3) is 5.91 Å². The average molecular weight is 288 g/mol. The summed E-state index contributed by atoms with van der Waals surface area (Å²) in [5, 5.41) is 0. The molecule has 0 radical (unpaired) electrons. The van der Waals surface area contributed by atoms with E-state index in [0.717, 1.165) is 31.5 Å². The van der Waals surface area contributed by atoms with Crippen molar-refractivity contribution in [1.82, 2.24) is 4.90 Å². The Morgan fingerprint density at radius 3 is 2.33 bits per heavy atom. The highest BCUT2D eigenvalue weighted by molar-refractivity contribution is 5.95. The highest BCUT2D eigenvalue weighted by Gasteiger charge is 2.35. The van der Waals surface area contributed by atoms with Gasteiger partial charge in [-0.1, -0.05) is 0 Å². The van der Waals surface area contributed by atoms with Gasteiger partial charge in [0.1, 0.15) is 0 Å². The van der Waals surface area contributed by atoms with Crippen molar-refractivity contribution in [3.05, 3.63) is 29.8 Å². The highest BCUT2D eigenvalue weighted by Crippen LogP contribution is 2.30. The molecule has 1 heterocycles. The lowest BCUT2D eigenvalue weighted by molar-refractivity contribution is 0.0652. The summed E-state index contributed by atoms with van der Waals surface area (Å²) >= 11 is 0. The summed E-state index contributed by atoms with van der Waals surface area (Å²) in [6, 6.07) is 8.54. The molecular formula is C18H28N2O. The van der Waals surface area contributed by atoms with Crippen molar-refractivity contribution in [2.24, 2.45) is 0 Å². The molecule has 1 fully saturated rings. The first-order chi connectivity index (χ1) is 9.86. The Hall–Kier alpha value is -1.51. The summed E-state index contributed by atoms with van der Waals surface area (Å²) in [7, 11) is 0. The molecule has 0 aromatic heterocycles. The van der Waals surface area contributed by atoms with Crippen LogP contribution in [0.1, 0.15) is 57.8 Å². The highest BCUT2D eigenvalue weighted by atomic mass is 16.2. The SMILES string of the molecule is CCN(c1ccc(C(=O)N2CCCC2(C)C)cc1)C(C)C. The van der Waals surface area contributed by atoms with Crippen LogP contribution in [0.5, 0.6) is 0 Å². The fourth-order valence-corrected chi connectivity index (χ4v) is 3.28. The minimum Gasteiger partial charge on any atom is -0.369 e. The topological polar surface area (TPSA) is 23.6 Å².